The molecule has 1 saturated heterocycles. The van der Waals surface area contributed by atoms with Crippen LogP contribution in [0.2, 0.25) is 0 Å². The average Bonchev–Trinajstić information content (AvgIpc) is 2.38. The van der Waals surface area contributed by atoms with E-state index in [1.165, 1.54) is 6.92 Å². The van der Waals surface area contributed by atoms with E-state index in [9.17, 15) is 9.59 Å². The lowest BCUT2D eigenvalue weighted by molar-refractivity contribution is -0.120. The molecule has 2 rings (SSSR count). The van der Waals surface area contributed by atoms with Crippen LogP contribution in [0.5, 0.6) is 0 Å². The summed E-state index contributed by atoms with van der Waals surface area (Å²) in [6.45, 7) is 2.86. The summed E-state index contributed by atoms with van der Waals surface area (Å²) >= 11 is 3.35. The standard InChI is InChI=1S/C14H17BrN2O2/c1-10(18)16-13-3-2-8-17(9-13)14(19)11-4-6-12(15)7-5-11/h4-7,13H,2-3,8-9H2,1H3,(H,16,18). The number of amides is 2. The quantitative estimate of drug-likeness (QED) is 0.906. The molecule has 0 spiro atoms. The van der Waals surface area contributed by atoms with Crippen LogP contribution in [0.25, 0.3) is 0 Å². The van der Waals surface area contributed by atoms with Gasteiger partial charge in [0.1, 0.15) is 0 Å². The van der Waals surface area contributed by atoms with Crippen molar-refractivity contribution >= 4 is 27.7 Å². The van der Waals surface area contributed by atoms with Crippen molar-refractivity contribution in [3.63, 3.8) is 0 Å². The second-order valence-corrected chi connectivity index (χ2v) is 5.71. The Morgan fingerprint density at radius 1 is 1.32 bits per heavy atom. The van der Waals surface area contributed by atoms with Gasteiger partial charge in [-0.1, -0.05) is 15.9 Å². The molecular formula is C14H17BrN2O2. The van der Waals surface area contributed by atoms with E-state index in [0.29, 0.717) is 12.1 Å². The second-order valence-electron chi connectivity index (χ2n) is 4.80. The van der Waals surface area contributed by atoms with Crippen LogP contribution in [0.1, 0.15) is 30.1 Å². The molecule has 102 valence electrons. The summed E-state index contributed by atoms with van der Waals surface area (Å²) in [5.74, 6) is -0.00880. The van der Waals surface area contributed by atoms with Gasteiger partial charge in [0.25, 0.3) is 5.91 Å². The molecule has 19 heavy (non-hydrogen) atoms. The third-order valence-corrected chi connectivity index (χ3v) is 3.74. The number of carbonyl (C=O) groups is 2. The Kier molecular flexibility index (Phi) is 4.58. The number of likely N-dealkylation sites (tertiary alicyclic amines) is 1. The summed E-state index contributed by atoms with van der Waals surface area (Å²) < 4.78 is 0.957. The maximum Gasteiger partial charge on any atom is 0.253 e. The van der Waals surface area contributed by atoms with Crippen LogP contribution in [-0.2, 0) is 4.79 Å². The molecule has 2 amide bonds. The van der Waals surface area contributed by atoms with Crippen LogP contribution in [0.15, 0.2) is 28.7 Å². The van der Waals surface area contributed by atoms with E-state index in [1.807, 2.05) is 29.2 Å². The van der Waals surface area contributed by atoms with Gasteiger partial charge in [-0.2, -0.15) is 0 Å². The van der Waals surface area contributed by atoms with Crippen LogP contribution in [0.4, 0.5) is 0 Å². The minimum absolute atomic E-state index is 0.0301. The topological polar surface area (TPSA) is 49.4 Å². The third kappa shape index (κ3) is 3.80. The Morgan fingerprint density at radius 3 is 2.63 bits per heavy atom. The van der Waals surface area contributed by atoms with Gasteiger partial charge in [0.15, 0.2) is 0 Å². The van der Waals surface area contributed by atoms with Gasteiger partial charge in [-0.05, 0) is 37.1 Å². The van der Waals surface area contributed by atoms with Crippen molar-refractivity contribution in [2.24, 2.45) is 0 Å². The number of nitrogens with one attached hydrogen (secondary N) is 1. The highest BCUT2D eigenvalue weighted by atomic mass is 79.9. The molecule has 0 saturated carbocycles. The maximum absolute atomic E-state index is 12.3. The van der Waals surface area contributed by atoms with Gasteiger partial charge in [-0.15, -0.1) is 0 Å². The summed E-state index contributed by atoms with van der Waals surface area (Å²) in [5.41, 5.74) is 0.687. The first-order valence-corrected chi connectivity index (χ1v) is 7.17. The number of piperidine rings is 1. The molecule has 1 unspecified atom stereocenters. The zero-order chi connectivity index (χ0) is 13.8. The summed E-state index contributed by atoms with van der Waals surface area (Å²) in [4.78, 5) is 25.2. The molecule has 1 heterocycles. The molecule has 0 radical (unpaired) electrons. The molecule has 1 aliphatic rings. The van der Waals surface area contributed by atoms with Crippen LogP contribution in [-0.4, -0.2) is 35.8 Å². The lowest BCUT2D eigenvalue weighted by Crippen LogP contribution is -2.49. The Morgan fingerprint density at radius 2 is 2.00 bits per heavy atom. The summed E-state index contributed by atoms with van der Waals surface area (Å²) in [7, 11) is 0. The van der Waals surface area contributed by atoms with Gasteiger partial charge in [0, 0.05) is 36.1 Å². The monoisotopic (exact) mass is 324 g/mol. The number of halogens is 1. The highest BCUT2D eigenvalue weighted by Gasteiger charge is 2.24. The molecule has 0 bridgehead atoms. The highest BCUT2D eigenvalue weighted by molar-refractivity contribution is 9.10. The van der Waals surface area contributed by atoms with Crippen molar-refractivity contribution < 1.29 is 9.59 Å². The first-order valence-electron chi connectivity index (χ1n) is 6.38. The normalized spacial score (nSPS) is 19.1. The van der Waals surface area contributed by atoms with Gasteiger partial charge in [0.2, 0.25) is 5.91 Å². The summed E-state index contributed by atoms with van der Waals surface area (Å²) in [5, 5.41) is 2.89. The fourth-order valence-corrected chi connectivity index (χ4v) is 2.61. The Balaban J connectivity index is 2.02. The summed E-state index contributed by atoms with van der Waals surface area (Å²) in [6.07, 6.45) is 1.86. The molecule has 1 aromatic carbocycles. The molecule has 1 aromatic rings. The van der Waals surface area contributed by atoms with Crippen LogP contribution >= 0.6 is 15.9 Å². The predicted molar refractivity (Wildman–Crippen MR) is 76.9 cm³/mol. The number of hydrogen-bond acceptors (Lipinski definition) is 2. The lowest BCUT2D eigenvalue weighted by Gasteiger charge is -2.33. The number of nitrogens with zero attached hydrogens (tertiary/aromatic N) is 1. The van der Waals surface area contributed by atoms with Crippen LogP contribution < -0.4 is 5.32 Å². The predicted octanol–water partition coefficient (Wildman–Crippen LogP) is 2.19. The van der Waals surface area contributed by atoms with E-state index >= 15 is 0 Å². The largest absolute Gasteiger partial charge is 0.352 e. The minimum atomic E-state index is -0.0389. The van der Waals surface area contributed by atoms with E-state index < -0.39 is 0 Å². The Hall–Kier alpha value is -1.36. The maximum atomic E-state index is 12.3. The van der Waals surface area contributed by atoms with Gasteiger partial charge < -0.3 is 10.2 Å². The SMILES string of the molecule is CC(=O)NC1CCCN(C(=O)c2ccc(Br)cc2)C1. The molecule has 5 heteroatoms. The van der Waals surface area contributed by atoms with Crippen molar-refractivity contribution in [1.29, 1.82) is 0 Å². The Labute approximate surface area is 121 Å². The number of rotatable bonds is 2. The van der Waals surface area contributed by atoms with Gasteiger partial charge in [0.05, 0.1) is 0 Å². The molecule has 1 atom stereocenters. The highest BCUT2D eigenvalue weighted by Crippen LogP contribution is 2.16. The average molecular weight is 325 g/mol. The van der Waals surface area contributed by atoms with Gasteiger partial charge in [-0.3, -0.25) is 9.59 Å². The molecule has 1 fully saturated rings. The first kappa shape index (κ1) is 14.1. The van der Waals surface area contributed by atoms with Crippen molar-refractivity contribution in [3.8, 4) is 0 Å². The van der Waals surface area contributed by atoms with E-state index in [1.54, 1.807) is 0 Å². The third-order valence-electron chi connectivity index (χ3n) is 3.21. The number of benzene rings is 1. The Bertz CT molecular complexity index is 473. The van der Waals surface area contributed by atoms with Crippen molar-refractivity contribution in [1.82, 2.24) is 10.2 Å². The van der Waals surface area contributed by atoms with Crippen molar-refractivity contribution in [2.75, 3.05) is 13.1 Å². The number of carbonyl (C=O) groups excluding carboxylic acids is 2. The first-order chi connectivity index (χ1) is 9.06. The molecule has 4 nitrogen and oxygen atoms in total. The summed E-state index contributed by atoms with van der Waals surface area (Å²) in [6, 6.07) is 7.43. The second kappa shape index (κ2) is 6.19. The van der Waals surface area contributed by atoms with Crippen molar-refractivity contribution in [3.05, 3.63) is 34.3 Å². The van der Waals surface area contributed by atoms with Gasteiger partial charge >= 0.3 is 0 Å². The number of hydrogen-bond donors (Lipinski definition) is 1. The minimum Gasteiger partial charge on any atom is -0.352 e. The molecule has 0 aromatic heterocycles. The molecule has 1 aliphatic heterocycles. The van der Waals surface area contributed by atoms with Gasteiger partial charge in [-0.25, -0.2) is 0 Å². The van der Waals surface area contributed by atoms with Crippen LogP contribution in [0, 0.1) is 0 Å². The molecular weight excluding hydrogens is 308 g/mol. The van der Waals surface area contributed by atoms with E-state index in [2.05, 4.69) is 21.2 Å². The van der Waals surface area contributed by atoms with Crippen LogP contribution in [0.3, 0.4) is 0 Å². The van der Waals surface area contributed by atoms with E-state index in [-0.39, 0.29) is 17.9 Å². The lowest BCUT2D eigenvalue weighted by atomic mass is 10.0. The van der Waals surface area contributed by atoms with E-state index in [4.69, 9.17) is 0 Å². The zero-order valence-corrected chi connectivity index (χ0v) is 12.4. The molecule has 0 aliphatic carbocycles. The van der Waals surface area contributed by atoms with Crippen molar-refractivity contribution in [2.45, 2.75) is 25.8 Å². The zero-order valence-electron chi connectivity index (χ0n) is 10.9. The molecule has 1 N–H and O–H groups in total. The fourth-order valence-electron chi connectivity index (χ4n) is 2.34. The fraction of sp³-hybridized carbons (Fsp3) is 0.429. The smallest absolute Gasteiger partial charge is 0.253 e. The van der Waals surface area contributed by atoms with E-state index in [0.717, 1.165) is 23.9 Å².